The van der Waals surface area contributed by atoms with Gasteiger partial charge in [-0.2, -0.15) is 0 Å². The molecule has 0 spiro atoms. The number of benzene rings is 4. The van der Waals surface area contributed by atoms with Crippen molar-refractivity contribution >= 4 is 38.2 Å². The van der Waals surface area contributed by atoms with Gasteiger partial charge in [0.25, 0.3) is 0 Å². The van der Waals surface area contributed by atoms with Gasteiger partial charge in [-0.05, 0) is 91.3 Å². The number of hydroxylamine groups is 2. The van der Waals surface area contributed by atoms with Gasteiger partial charge >= 0.3 is 0 Å². The van der Waals surface area contributed by atoms with Crippen LogP contribution in [0.4, 0.5) is 0 Å². The van der Waals surface area contributed by atoms with Crippen molar-refractivity contribution in [3.8, 4) is 0 Å². The van der Waals surface area contributed by atoms with Gasteiger partial charge < -0.3 is 5.32 Å². The van der Waals surface area contributed by atoms with Crippen molar-refractivity contribution in [1.82, 2.24) is 10.4 Å². The summed E-state index contributed by atoms with van der Waals surface area (Å²) in [7, 11) is 0. The Hall–Kier alpha value is -2.69. The zero-order valence-corrected chi connectivity index (χ0v) is 20.1. The minimum absolute atomic E-state index is 0.0437. The quantitative estimate of drug-likeness (QED) is 0.365. The maximum absolute atomic E-state index is 12.7. The summed E-state index contributed by atoms with van der Waals surface area (Å²) in [6, 6.07) is 19.8. The summed E-state index contributed by atoms with van der Waals surface area (Å²) < 4.78 is 0. The van der Waals surface area contributed by atoms with Crippen LogP contribution < -0.4 is 5.32 Å². The molecule has 0 unspecified atom stereocenters. The molecule has 1 aliphatic rings. The van der Waals surface area contributed by atoms with E-state index in [1.54, 1.807) is 0 Å². The van der Waals surface area contributed by atoms with E-state index in [0.717, 1.165) is 12.8 Å². The average molecular weight is 442 g/mol. The predicted octanol–water partition coefficient (Wildman–Crippen LogP) is 6.39. The van der Waals surface area contributed by atoms with Gasteiger partial charge in [-0.3, -0.25) is 4.79 Å². The van der Waals surface area contributed by atoms with Crippen molar-refractivity contribution in [3.63, 3.8) is 0 Å². The Morgan fingerprint density at radius 3 is 2.12 bits per heavy atom. The summed E-state index contributed by atoms with van der Waals surface area (Å²) in [6.45, 7) is 7.87. The molecule has 33 heavy (non-hydrogen) atoms. The van der Waals surface area contributed by atoms with E-state index in [1.807, 2.05) is 27.7 Å². The van der Waals surface area contributed by atoms with E-state index in [4.69, 9.17) is 0 Å². The summed E-state index contributed by atoms with van der Waals surface area (Å²) in [5, 5.41) is 24.8. The third kappa shape index (κ3) is 3.96. The second-order valence-electron chi connectivity index (χ2n) is 11.0. The molecule has 5 rings (SSSR count). The Bertz CT molecular complexity index is 1290. The van der Waals surface area contributed by atoms with E-state index in [1.165, 1.54) is 42.9 Å². The van der Waals surface area contributed by atoms with E-state index < -0.39 is 11.1 Å². The fourth-order valence-corrected chi connectivity index (χ4v) is 6.12. The molecule has 0 aliphatic carbocycles. The first-order chi connectivity index (χ1) is 15.7. The lowest BCUT2D eigenvalue weighted by Gasteiger charge is -2.50. The molecule has 1 fully saturated rings. The van der Waals surface area contributed by atoms with Gasteiger partial charge in [0.2, 0.25) is 5.91 Å². The summed E-state index contributed by atoms with van der Waals surface area (Å²) >= 11 is 0. The number of hydrogen-bond acceptors (Lipinski definition) is 2. The van der Waals surface area contributed by atoms with Crippen LogP contribution in [-0.2, 0) is 16.4 Å². The average Bonchev–Trinajstić information content (AvgIpc) is 2.76. The fraction of sp³-hybridized carbons (Fsp3) is 0.414. The Balaban J connectivity index is 1.28. The number of nitrogens with zero attached hydrogens (tertiary/aromatic N) is 1. The number of piperidine rings is 1. The Morgan fingerprint density at radius 2 is 1.45 bits per heavy atom. The number of aryl methyl sites for hydroxylation is 1. The van der Waals surface area contributed by atoms with Gasteiger partial charge in [0.05, 0.1) is 0 Å². The Morgan fingerprint density at radius 1 is 0.879 bits per heavy atom. The van der Waals surface area contributed by atoms with Crippen LogP contribution >= 0.6 is 0 Å². The van der Waals surface area contributed by atoms with E-state index in [9.17, 15) is 10.0 Å². The summed E-state index contributed by atoms with van der Waals surface area (Å²) in [5.74, 6) is 0.0867. The number of nitrogens with one attached hydrogen (secondary N) is 1. The second-order valence-corrected chi connectivity index (χ2v) is 11.0. The maximum Gasteiger partial charge on any atom is 0.220 e. The number of hydrogen-bond donors (Lipinski definition) is 1. The monoisotopic (exact) mass is 441 g/mol. The van der Waals surface area contributed by atoms with Crippen LogP contribution in [0.1, 0.15) is 58.9 Å². The van der Waals surface area contributed by atoms with E-state index in [0.29, 0.717) is 19.3 Å². The Kier molecular flexibility index (Phi) is 5.34. The SMILES string of the molecule is CC1(C)CC(NC(=O)CCCc2ccc3ccc4cccc5ccc2c3c45)CC(C)(C)N1[O]. The van der Waals surface area contributed by atoms with Crippen LogP contribution in [0.5, 0.6) is 0 Å². The third-order valence-corrected chi connectivity index (χ3v) is 7.43. The van der Waals surface area contributed by atoms with E-state index >= 15 is 0 Å². The molecular formula is C29H33N2O2. The molecule has 0 aromatic heterocycles. The topological polar surface area (TPSA) is 52.2 Å². The lowest BCUT2D eigenvalue weighted by molar-refractivity contribution is -0.290. The molecule has 1 N–H and O–H groups in total. The molecule has 1 aliphatic heterocycles. The van der Waals surface area contributed by atoms with Gasteiger partial charge in [0.15, 0.2) is 0 Å². The largest absolute Gasteiger partial charge is 0.353 e. The highest BCUT2D eigenvalue weighted by Crippen LogP contribution is 2.38. The molecule has 1 radical (unpaired) electrons. The van der Waals surface area contributed by atoms with Crippen LogP contribution in [-0.4, -0.2) is 28.1 Å². The smallest absolute Gasteiger partial charge is 0.220 e. The van der Waals surface area contributed by atoms with Crippen LogP contribution in [0.2, 0.25) is 0 Å². The number of carbonyl (C=O) groups is 1. The molecule has 4 heteroatoms. The van der Waals surface area contributed by atoms with E-state index in [2.05, 4.69) is 59.9 Å². The molecule has 4 nitrogen and oxygen atoms in total. The molecule has 4 aromatic rings. The van der Waals surface area contributed by atoms with Crippen molar-refractivity contribution in [2.24, 2.45) is 0 Å². The van der Waals surface area contributed by atoms with Crippen LogP contribution in [0, 0.1) is 0 Å². The zero-order chi connectivity index (χ0) is 23.4. The second kappa shape index (κ2) is 7.96. The fourth-order valence-electron chi connectivity index (χ4n) is 6.12. The minimum atomic E-state index is -0.471. The van der Waals surface area contributed by atoms with Gasteiger partial charge in [0, 0.05) is 23.5 Å². The van der Waals surface area contributed by atoms with Crippen molar-refractivity contribution in [2.75, 3.05) is 0 Å². The van der Waals surface area contributed by atoms with E-state index in [-0.39, 0.29) is 11.9 Å². The number of carbonyl (C=O) groups excluding carboxylic acids is 1. The molecule has 171 valence electrons. The molecule has 4 aromatic carbocycles. The first-order valence-electron chi connectivity index (χ1n) is 12.1. The van der Waals surface area contributed by atoms with Gasteiger partial charge in [-0.1, -0.05) is 54.6 Å². The highest BCUT2D eigenvalue weighted by atomic mass is 16.5. The first kappa shape index (κ1) is 22.1. The predicted molar refractivity (Wildman–Crippen MR) is 135 cm³/mol. The zero-order valence-electron chi connectivity index (χ0n) is 20.1. The van der Waals surface area contributed by atoms with Crippen LogP contribution in [0.15, 0.2) is 54.6 Å². The molecular weight excluding hydrogens is 408 g/mol. The maximum atomic E-state index is 12.7. The summed E-state index contributed by atoms with van der Waals surface area (Å²) in [5.41, 5.74) is 0.360. The van der Waals surface area contributed by atoms with Gasteiger partial charge in [-0.15, -0.1) is 10.3 Å². The van der Waals surface area contributed by atoms with Gasteiger partial charge in [0.1, 0.15) is 0 Å². The molecule has 1 amide bonds. The normalized spacial score (nSPS) is 18.9. The van der Waals surface area contributed by atoms with Crippen LogP contribution in [0.25, 0.3) is 32.3 Å². The standard InChI is InChI=1S/C29H33N2O2/c1-28(2)17-23(18-29(3,4)31(28)33)30-25(32)10-6-7-19-11-12-22-14-13-20-8-5-9-21-15-16-24(19)27(22)26(20)21/h5,8-9,11-16,23H,6-7,10,17-18H2,1-4H3,(H,30,32). The van der Waals surface area contributed by atoms with Crippen molar-refractivity contribution in [1.29, 1.82) is 0 Å². The van der Waals surface area contributed by atoms with Crippen molar-refractivity contribution in [3.05, 3.63) is 60.2 Å². The summed E-state index contributed by atoms with van der Waals surface area (Å²) in [4.78, 5) is 12.7. The van der Waals surface area contributed by atoms with Crippen molar-refractivity contribution in [2.45, 2.75) is 76.9 Å². The highest BCUT2D eigenvalue weighted by Gasteiger charge is 2.46. The minimum Gasteiger partial charge on any atom is -0.353 e. The van der Waals surface area contributed by atoms with Gasteiger partial charge in [-0.25, -0.2) is 0 Å². The van der Waals surface area contributed by atoms with Crippen LogP contribution in [0.3, 0.4) is 0 Å². The number of rotatable bonds is 5. The third-order valence-electron chi connectivity index (χ3n) is 7.43. The summed E-state index contributed by atoms with van der Waals surface area (Å²) in [6.07, 6.45) is 3.54. The molecule has 0 bridgehead atoms. The van der Waals surface area contributed by atoms with Crippen molar-refractivity contribution < 1.29 is 10.0 Å². The lowest BCUT2D eigenvalue weighted by atomic mass is 9.79. The number of amides is 1. The lowest BCUT2D eigenvalue weighted by Crippen LogP contribution is -2.62. The highest BCUT2D eigenvalue weighted by molar-refractivity contribution is 6.23. The molecule has 0 saturated carbocycles. The Labute approximate surface area is 195 Å². The molecule has 1 saturated heterocycles. The molecule has 0 atom stereocenters. The first-order valence-corrected chi connectivity index (χ1v) is 12.1. The molecule has 1 heterocycles.